The molecule has 0 aromatic heterocycles. The Kier molecular flexibility index (Phi) is 3.98. The minimum Gasteiger partial charge on any atom is -0.465 e. The first-order chi connectivity index (χ1) is 9.04. The van der Waals surface area contributed by atoms with Gasteiger partial charge in [0.25, 0.3) is 0 Å². The first-order valence-electron chi connectivity index (χ1n) is 6.79. The summed E-state index contributed by atoms with van der Waals surface area (Å²) in [6, 6.07) is 5.85. The summed E-state index contributed by atoms with van der Waals surface area (Å²) in [6.07, 6.45) is 2.35. The number of anilines is 2. The van der Waals surface area contributed by atoms with Crippen LogP contribution in [0.4, 0.5) is 11.4 Å². The molecule has 1 aliphatic rings. The average molecular weight is 262 g/mol. The van der Waals surface area contributed by atoms with Gasteiger partial charge in [-0.2, -0.15) is 0 Å². The van der Waals surface area contributed by atoms with Crippen molar-refractivity contribution in [2.75, 3.05) is 24.3 Å². The molecule has 1 aromatic rings. The van der Waals surface area contributed by atoms with Crippen molar-refractivity contribution in [2.24, 2.45) is 5.92 Å². The van der Waals surface area contributed by atoms with Crippen LogP contribution in [0, 0.1) is 5.92 Å². The lowest BCUT2D eigenvalue weighted by atomic mass is 10.0. The van der Waals surface area contributed by atoms with Gasteiger partial charge in [-0.25, -0.2) is 4.79 Å². The zero-order chi connectivity index (χ0) is 14.0. The van der Waals surface area contributed by atoms with Crippen LogP contribution in [0.1, 0.15) is 37.0 Å². The molecule has 4 heteroatoms. The maximum absolute atomic E-state index is 11.6. The predicted molar refractivity (Wildman–Crippen MR) is 77.4 cm³/mol. The van der Waals surface area contributed by atoms with Crippen molar-refractivity contribution in [3.8, 4) is 0 Å². The van der Waals surface area contributed by atoms with Gasteiger partial charge in [0.2, 0.25) is 0 Å². The highest BCUT2D eigenvalue weighted by Gasteiger charge is 2.28. The predicted octanol–water partition coefficient (Wildman–Crippen LogP) is 2.68. The molecule has 1 heterocycles. The standard InChI is InChI=1S/C15H22N2O2/c1-10(2)13-5-4-8-17(13)14-9-11(15(18)19-3)6-7-12(14)16/h6-7,9-10,13H,4-5,8,16H2,1-3H3. The van der Waals surface area contributed by atoms with Crippen LogP contribution < -0.4 is 10.6 Å². The van der Waals surface area contributed by atoms with E-state index in [0.717, 1.165) is 17.9 Å². The zero-order valence-corrected chi connectivity index (χ0v) is 11.8. The number of methoxy groups -OCH3 is 1. The summed E-state index contributed by atoms with van der Waals surface area (Å²) in [5.41, 5.74) is 8.32. The SMILES string of the molecule is COC(=O)c1ccc(N)c(N2CCCC2C(C)C)c1. The molecule has 1 atom stereocenters. The van der Waals surface area contributed by atoms with Crippen LogP contribution >= 0.6 is 0 Å². The van der Waals surface area contributed by atoms with Crippen molar-refractivity contribution in [1.82, 2.24) is 0 Å². The molecule has 0 radical (unpaired) electrons. The summed E-state index contributed by atoms with van der Waals surface area (Å²) in [7, 11) is 1.39. The summed E-state index contributed by atoms with van der Waals surface area (Å²) in [6.45, 7) is 5.45. The number of benzene rings is 1. The van der Waals surface area contributed by atoms with Crippen LogP contribution in [0.25, 0.3) is 0 Å². The van der Waals surface area contributed by atoms with E-state index in [9.17, 15) is 4.79 Å². The Balaban J connectivity index is 2.35. The summed E-state index contributed by atoms with van der Waals surface area (Å²) in [4.78, 5) is 14.0. The van der Waals surface area contributed by atoms with Crippen LogP contribution in [-0.4, -0.2) is 25.7 Å². The quantitative estimate of drug-likeness (QED) is 0.672. The molecule has 104 valence electrons. The number of nitrogens with zero attached hydrogens (tertiary/aromatic N) is 1. The first-order valence-corrected chi connectivity index (χ1v) is 6.79. The summed E-state index contributed by atoms with van der Waals surface area (Å²) < 4.78 is 4.77. The van der Waals surface area contributed by atoms with Gasteiger partial charge in [-0.3, -0.25) is 0 Å². The third kappa shape index (κ3) is 2.67. The lowest BCUT2D eigenvalue weighted by Gasteiger charge is -2.31. The third-order valence-corrected chi connectivity index (χ3v) is 3.83. The fraction of sp³-hybridized carbons (Fsp3) is 0.533. The number of hydrogen-bond donors (Lipinski definition) is 1. The van der Waals surface area contributed by atoms with Crippen molar-refractivity contribution < 1.29 is 9.53 Å². The van der Waals surface area contributed by atoms with Gasteiger partial charge in [0, 0.05) is 12.6 Å². The highest BCUT2D eigenvalue weighted by molar-refractivity contribution is 5.92. The van der Waals surface area contributed by atoms with Crippen molar-refractivity contribution in [3.63, 3.8) is 0 Å². The molecule has 19 heavy (non-hydrogen) atoms. The van der Waals surface area contributed by atoms with Gasteiger partial charge in [-0.1, -0.05) is 13.8 Å². The van der Waals surface area contributed by atoms with E-state index in [2.05, 4.69) is 18.7 Å². The second-order valence-corrected chi connectivity index (χ2v) is 5.41. The van der Waals surface area contributed by atoms with Crippen LogP contribution in [0.2, 0.25) is 0 Å². The molecule has 2 rings (SSSR count). The van der Waals surface area contributed by atoms with Gasteiger partial charge >= 0.3 is 5.97 Å². The number of ether oxygens (including phenoxy) is 1. The molecule has 1 saturated heterocycles. The largest absolute Gasteiger partial charge is 0.465 e. The Hall–Kier alpha value is -1.71. The average Bonchev–Trinajstić information content (AvgIpc) is 2.87. The van der Waals surface area contributed by atoms with E-state index >= 15 is 0 Å². The molecule has 2 N–H and O–H groups in total. The number of carbonyl (C=O) groups is 1. The fourth-order valence-corrected chi connectivity index (χ4v) is 2.82. The molecule has 0 aliphatic carbocycles. The van der Waals surface area contributed by atoms with E-state index in [1.165, 1.54) is 20.0 Å². The van der Waals surface area contributed by atoms with Crippen LogP contribution in [0.5, 0.6) is 0 Å². The number of rotatable bonds is 3. The second-order valence-electron chi connectivity index (χ2n) is 5.41. The Morgan fingerprint density at radius 2 is 2.21 bits per heavy atom. The number of nitrogen functional groups attached to an aromatic ring is 1. The van der Waals surface area contributed by atoms with Gasteiger partial charge in [-0.05, 0) is 37.0 Å². The molecule has 0 amide bonds. The molecule has 1 aliphatic heterocycles. The Morgan fingerprint density at radius 3 is 2.84 bits per heavy atom. The van der Waals surface area contributed by atoms with E-state index in [0.29, 0.717) is 17.5 Å². The Bertz CT molecular complexity index is 471. The third-order valence-electron chi connectivity index (χ3n) is 3.83. The van der Waals surface area contributed by atoms with Gasteiger partial charge in [0.15, 0.2) is 0 Å². The fourth-order valence-electron chi connectivity index (χ4n) is 2.82. The van der Waals surface area contributed by atoms with Gasteiger partial charge < -0.3 is 15.4 Å². The summed E-state index contributed by atoms with van der Waals surface area (Å²) in [5.74, 6) is 0.255. The number of nitrogens with two attached hydrogens (primary N) is 1. The maximum atomic E-state index is 11.6. The van der Waals surface area contributed by atoms with Crippen LogP contribution in [-0.2, 0) is 4.74 Å². The zero-order valence-electron chi connectivity index (χ0n) is 11.8. The second kappa shape index (κ2) is 5.51. The van der Waals surface area contributed by atoms with E-state index in [1.54, 1.807) is 12.1 Å². The number of hydrogen-bond acceptors (Lipinski definition) is 4. The molecular formula is C15H22N2O2. The topological polar surface area (TPSA) is 55.6 Å². The highest BCUT2D eigenvalue weighted by atomic mass is 16.5. The van der Waals surface area contributed by atoms with Crippen LogP contribution in [0.15, 0.2) is 18.2 Å². The summed E-state index contributed by atoms with van der Waals surface area (Å²) >= 11 is 0. The van der Waals surface area contributed by atoms with E-state index in [4.69, 9.17) is 10.5 Å². The lowest BCUT2D eigenvalue weighted by molar-refractivity contribution is 0.0601. The van der Waals surface area contributed by atoms with Crippen molar-refractivity contribution >= 4 is 17.3 Å². The normalized spacial score (nSPS) is 18.9. The molecular weight excluding hydrogens is 240 g/mol. The van der Waals surface area contributed by atoms with E-state index in [-0.39, 0.29) is 5.97 Å². The van der Waals surface area contributed by atoms with Crippen molar-refractivity contribution in [2.45, 2.75) is 32.7 Å². The van der Waals surface area contributed by atoms with E-state index in [1.807, 2.05) is 6.07 Å². The monoisotopic (exact) mass is 262 g/mol. The van der Waals surface area contributed by atoms with E-state index < -0.39 is 0 Å². The molecule has 1 aromatic carbocycles. The van der Waals surface area contributed by atoms with Gasteiger partial charge in [-0.15, -0.1) is 0 Å². The minimum absolute atomic E-state index is 0.318. The number of esters is 1. The Morgan fingerprint density at radius 1 is 1.47 bits per heavy atom. The van der Waals surface area contributed by atoms with Gasteiger partial charge in [0.1, 0.15) is 0 Å². The summed E-state index contributed by atoms with van der Waals surface area (Å²) in [5, 5.41) is 0. The van der Waals surface area contributed by atoms with Crippen LogP contribution in [0.3, 0.4) is 0 Å². The molecule has 0 spiro atoms. The highest BCUT2D eigenvalue weighted by Crippen LogP contribution is 2.34. The molecule has 0 bridgehead atoms. The minimum atomic E-state index is -0.318. The maximum Gasteiger partial charge on any atom is 0.337 e. The van der Waals surface area contributed by atoms with Gasteiger partial charge in [0.05, 0.1) is 24.0 Å². The first kappa shape index (κ1) is 13.7. The molecule has 1 unspecified atom stereocenters. The smallest absolute Gasteiger partial charge is 0.337 e. The van der Waals surface area contributed by atoms with Crippen molar-refractivity contribution in [1.29, 1.82) is 0 Å². The Labute approximate surface area is 114 Å². The lowest BCUT2D eigenvalue weighted by Crippen LogP contribution is -2.34. The molecule has 1 fully saturated rings. The molecule has 0 saturated carbocycles. The van der Waals surface area contributed by atoms with Crippen molar-refractivity contribution in [3.05, 3.63) is 23.8 Å². The number of carbonyl (C=O) groups excluding carboxylic acids is 1. The molecule has 4 nitrogen and oxygen atoms in total.